The van der Waals surface area contributed by atoms with Crippen LogP contribution >= 0.6 is 0 Å². The van der Waals surface area contributed by atoms with E-state index in [1.54, 1.807) is 10.9 Å². The summed E-state index contributed by atoms with van der Waals surface area (Å²) in [6.45, 7) is 0. The number of nitriles is 1. The van der Waals surface area contributed by atoms with E-state index in [4.69, 9.17) is 0 Å². The van der Waals surface area contributed by atoms with Crippen molar-refractivity contribution in [2.45, 2.75) is 0 Å². The van der Waals surface area contributed by atoms with E-state index < -0.39 is 10.8 Å². The molecule has 0 radical (unpaired) electrons. The Hall–Kier alpha value is -5.03. The van der Waals surface area contributed by atoms with Gasteiger partial charge < -0.3 is 5.32 Å². The first-order valence-corrected chi connectivity index (χ1v) is 9.93. The van der Waals surface area contributed by atoms with Gasteiger partial charge >= 0.3 is 0 Å². The van der Waals surface area contributed by atoms with E-state index in [1.807, 2.05) is 66.7 Å². The molecule has 3 aromatic carbocycles. The lowest BCUT2D eigenvalue weighted by molar-refractivity contribution is -0.384. The SMILES string of the molecule is N#CC(=Cc1cn(-c2ccccc2)nc1-c1ccccc1)C(=O)Nc1cccc([N+](=O)[O-])c1. The quantitative estimate of drug-likeness (QED) is 0.198. The van der Waals surface area contributed by atoms with Gasteiger partial charge in [0, 0.05) is 35.1 Å². The molecule has 0 fully saturated rings. The molecule has 0 aliphatic carbocycles. The molecule has 0 spiro atoms. The fourth-order valence-electron chi connectivity index (χ4n) is 3.23. The van der Waals surface area contributed by atoms with Crippen molar-refractivity contribution in [3.63, 3.8) is 0 Å². The van der Waals surface area contributed by atoms with E-state index in [1.165, 1.54) is 30.3 Å². The highest BCUT2D eigenvalue weighted by Gasteiger charge is 2.16. The van der Waals surface area contributed by atoms with Crippen LogP contribution in [0.2, 0.25) is 0 Å². The van der Waals surface area contributed by atoms with Crippen LogP contribution in [0.25, 0.3) is 23.0 Å². The number of nitro benzene ring substituents is 1. The van der Waals surface area contributed by atoms with Gasteiger partial charge in [0.05, 0.1) is 16.3 Å². The van der Waals surface area contributed by atoms with Gasteiger partial charge in [0.1, 0.15) is 11.6 Å². The molecule has 1 amide bonds. The van der Waals surface area contributed by atoms with Crippen LogP contribution in [0.3, 0.4) is 0 Å². The zero-order chi connectivity index (χ0) is 23.2. The smallest absolute Gasteiger partial charge is 0.271 e. The molecule has 0 aliphatic heterocycles. The average Bonchev–Trinajstić information content (AvgIpc) is 3.27. The minimum Gasteiger partial charge on any atom is -0.321 e. The van der Waals surface area contributed by atoms with E-state index in [-0.39, 0.29) is 16.9 Å². The van der Waals surface area contributed by atoms with E-state index in [0.717, 1.165) is 11.3 Å². The Morgan fingerprint density at radius 1 is 1.03 bits per heavy atom. The molecule has 1 aromatic heterocycles. The van der Waals surface area contributed by atoms with Crippen molar-refractivity contribution >= 4 is 23.4 Å². The third-order valence-corrected chi connectivity index (χ3v) is 4.79. The van der Waals surface area contributed by atoms with E-state index in [0.29, 0.717) is 11.3 Å². The Morgan fingerprint density at radius 2 is 1.73 bits per heavy atom. The van der Waals surface area contributed by atoms with Crippen LogP contribution in [0.15, 0.2) is 96.7 Å². The predicted octanol–water partition coefficient (Wildman–Crippen LogP) is 4.99. The number of nitrogens with zero attached hydrogens (tertiary/aromatic N) is 4. The lowest BCUT2D eigenvalue weighted by Crippen LogP contribution is -2.13. The molecule has 4 rings (SSSR count). The van der Waals surface area contributed by atoms with Crippen molar-refractivity contribution in [1.29, 1.82) is 5.26 Å². The first-order valence-electron chi connectivity index (χ1n) is 9.93. The summed E-state index contributed by atoms with van der Waals surface area (Å²) in [6, 6.07) is 26.4. The second kappa shape index (κ2) is 9.41. The van der Waals surface area contributed by atoms with Crippen LogP contribution in [-0.4, -0.2) is 20.6 Å². The molecule has 0 aliphatic rings. The Balaban J connectivity index is 1.72. The van der Waals surface area contributed by atoms with Crippen LogP contribution in [0.1, 0.15) is 5.56 Å². The molecule has 0 bridgehead atoms. The van der Waals surface area contributed by atoms with Crippen molar-refractivity contribution in [1.82, 2.24) is 9.78 Å². The number of nitro groups is 1. The van der Waals surface area contributed by atoms with Crippen LogP contribution in [0.4, 0.5) is 11.4 Å². The number of rotatable bonds is 6. The normalized spacial score (nSPS) is 10.9. The maximum absolute atomic E-state index is 12.8. The molecule has 8 heteroatoms. The van der Waals surface area contributed by atoms with Gasteiger partial charge in [-0.05, 0) is 24.3 Å². The van der Waals surface area contributed by atoms with Gasteiger partial charge in [-0.15, -0.1) is 0 Å². The number of aromatic nitrogens is 2. The standard InChI is InChI=1S/C25H17N5O3/c26-16-19(25(31)27-21-10-7-13-23(15-21)30(32)33)14-20-17-29(22-11-5-2-6-12-22)28-24(20)18-8-3-1-4-9-18/h1-15,17H,(H,27,31). The molecular weight excluding hydrogens is 418 g/mol. The zero-order valence-electron chi connectivity index (χ0n) is 17.3. The highest BCUT2D eigenvalue weighted by molar-refractivity contribution is 6.10. The lowest BCUT2D eigenvalue weighted by Gasteiger charge is -2.04. The number of amides is 1. The van der Waals surface area contributed by atoms with Gasteiger partial charge in [-0.3, -0.25) is 14.9 Å². The topological polar surface area (TPSA) is 114 Å². The minimum atomic E-state index is -0.676. The van der Waals surface area contributed by atoms with E-state index in [9.17, 15) is 20.2 Å². The zero-order valence-corrected chi connectivity index (χ0v) is 17.3. The number of hydrogen-bond donors (Lipinski definition) is 1. The number of hydrogen-bond acceptors (Lipinski definition) is 5. The second-order valence-corrected chi connectivity index (χ2v) is 7.01. The number of para-hydroxylation sites is 1. The summed E-state index contributed by atoms with van der Waals surface area (Å²) in [4.78, 5) is 23.2. The molecule has 0 unspecified atom stereocenters. The number of carbonyl (C=O) groups is 1. The Labute approximate surface area is 189 Å². The maximum Gasteiger partial charge on any atom is 0.271 e. The third-order valence-electron chi connectivity index (χ3n) is 4.79. The molecule has 160 valence electrons. The van der Waals surface area contributed by atoms with Gasteiger partial charge in [0.15, 0.2) is 0 Å². The summed E-state index contributed by atoms with van der Waals surface area (Å²) in [5.41, 5.74) is 2.74. The van der Waals surface area contributed by atoms with Gasteiger partial charge in [-0.25, -0.2) is 4.68 Å². The third kappa shape index (κ3) is 4.84. The number of nitrogens with one attached hydrogen (secondary N) is 1. The maximum atomic E-state index is 12.8. The van der Waals surface area contributed by atoms with Gasteiger partial charge in [0.2, 0.25) is 0 Å². The van der Waals surface area contributed by atoms with Gasteiger partial charge in [-0.2, -0.15) is 10.4 Å². The average molecular weight is 435 g/mol. The Kier molecular flexibility index (Phi) is 6.05. The van der Waals surface area contributed by atoms with Gasteiger partial charge in [0.25, 0.3) is 11.6 Å². The summed E-state index contributed by atoms with van der Waals surface area (Å²) >= 11 is 0. The first kappa shape index (κ1) is 21.2. The summed E-state index contributed by atoms with van der Waals surface area (Å²) in [5, 5.41) is 27.8. The van der Waals surface area contributed by atoms with Crippen molar-refractivity contribution in [2.24, 2.45) is 0 Å². The summed E-state index contributed by atoms with van der Waals surface area (Å²) in [7, 11) is 0. The Morgan fingerprint density at radius 3 is 2.39 bits per heavy atom. The summed E-state index contributed by atoms with van der Waals surface area (Å²) < 4.78 is 1.68. The molecule has 4 aromatic rings. The number of benzene rings is 3. The van der Waals surface area contributed by atoms with Crippen LogP contribution in [0.5, 0.6) is 0 Å². The lowest BCUT2D eigenvalue weighted by atomic mass is 10.1. The summed E-state index contributed by atoms with van der Waals surface area (Å²) in [5.74, 6) is -0.676. The van der Waals surface area contributed by atoms with E-state index >= 15 is 0 Å². The van der Waals surface area contributed by atoms with Crippen molar-refractivity contribution in [3.8, 4) is 23.0 Å². The second-order valence-electron chi connectivity index (χ2n) is 7.01. The molecular formula is C25H17N5O3. The van der Waals surface area contributed by atoms with Crippen molar-refractivity contribution in [3.05, 3.63) is 112 Å². The highest BCUT2D eigenvalue weighted by atomic mass is 16.6. The summed E-state index contributed by atoms with van der Waals surface area (Å²) in [6.07, 6.45) is 3.21. The molecule has 1 heterocycles. The molecule has 0 saturated heterocycles. The molecule has 1 N–H and O–H groups in total. The van der Waals surface area contributed by atoms with Crippen molar-refractivity contribution < 1.29 is 9.72 Å². The predicted molar refractivity (Wildman–Crippen MR) is 124 cm³/mol. The van der Waals surface area contributed by atoms with Gasteiger partial charge in [-0.1, -0.05) is 54.6 Å². The fourth-order valence-corrected chi connectivity index (χ4v) is 3.23. The highest BCUT2D eigenvalue weighted by Crippen LogP contribution is 2.26. The Bertz CT molecular complexity index is 1390. The van der Waals surface area contributed by atoms with Crippen LogP contribution < -0.4 is 5.32 Å². The number of carbonyl (C=O) groups excluding carboxylic acids is 1. The molecule has 0 atom stereocenters. The van der Waals surface area contributed by atoms with E-state index in [2.05, 4.69) is 10.4 Å². The number of non-ortho nitro benzene ring substituents is 1. The monoisotopic (exact) mass is 435 g/mol. The van der Waals surface area contributed by atoms with Crippen molar-refractivity contribution in [2.75, 3.05) is 5.32 Å². The minimum absolute atomic E-state index is 0.161. The first-order chi connectivity index (χ1) is 16.0. The fraction of sp³-hybridized carbons (Fsp3) is 0. The molecule has 8 nitrogen and oxygen atoms in total. The van der Waals surface area contributed by atoms with Crippen LogP contribution in [0, 0.1) is 21.4 Å². The van der Waals surface area contributed by atoms with Crippen LogP contribution in [-0.2, 0) is 4.79 Å². The number of anilines is 1. The molecule has 0 saturated carbocycles. The largest absolute Gasteiger partial charge is 0.321 e. The molecule has 33 heavy (non-hydrogen) atoms.